The molecule has 9 aliphatic carbocycles. The van der Waals surface area contributed by atoms with Crippen LogP contribution in [-0.2, 0) is 16.2 Å². The molecular weight excluding hydrogens is 809 g/mol. The minimum Gasteiger partial charge on any atom is -0.310 e. The quantitative estimate of drug-likeness (QED) is 0.155. The maximum absolute atomic E-state index is 2.59. The third-order valence-electron chi connectivity index (χ3n) is 19.5. The predicted molar refractivity (Wildman–Crippen MR) is 278 cm³/mol. The van der Waals surface area contributed by atoms with E-state index in [0.29, 0.717) is 10.8 Å². The number of anilines is 3. The molecule has 1 aromatic heterocycles. The van der Waals surface area contributed by atoms with Crippen LogP contribution in [0.4, 0.5) is 17.1 Å². The fraction of sp³-hybridized carbons (Fsp3) is 0.354. The summed E-state index contributed by atoms with van der Waals surface area (Å²) in [4.78, 5) is 2.59. The van der Waals surface area contributed by atoms with E-state index in [4.69, 9.17) is 0 Å². The second-order valence-corrected chi connectivity index (χ2v) is 23.8. The Labute approximate surface area is 397 Å². The molecule has 1 heterocycles. The van der Waals surface area contributed by atoms with Crippen LogP contribution in [0.15, 0.2) is 158 Å². The summed E-state index contributed by atoms with van der Waals surface area (Å²) < 4.78 is 2.56. The molecule has 0 saturated heterocycles. The van der Waals surface area contributed by atoms with Gasteiger partial charge in [0.25, 0.3) is 0 Å². The summed E-state index contributed by atoms with van der Waals surface area (Å²) in [6, 6.07) is 61.4. The van der Waals surface area contributed by atoms with E-state index in [1.54, 1.807) is 11.1 Å². The summed E-state index contributed by atoms with van der Waals surface area (Å²) in [6.45, 7) is 4.97. The Hall–Kier alpha value is -5.86. The highest BCUT2D eigenvalue weighted by Crippen LogP contribution is 2.63. The third-order valence-corrected chi connectivity index (χ3v) is 19.5. The smallest absolute Gasteiger partial charge is 0.0588 e. The lowest BCUT2D eigenvalue weighted by atomic mass is 9.48. The molecule has 2 heteroatoms. The zero-order valence-corrected chi connectivity index (χ0v) is 39.4. The number of hydrogen-bond acceptors (Lipinski definition) is 1. The molecule has 8 aromatic rings. The van der Waals surface area contributed by atoms with E-state index in [-0.39, 0.29) is 5.41 Å². The van der Waals surface area contributed by atoms with E-state index >= 15 is 0 Å². The van der Waals surface area contributed by atoms with Gasteiger partial charge in [0.1, 0.15) is 0 Å². The molecule has 8 fully saturated rings. The highest BCUT2D eigenvalue weighted by molar-refractivity contribution is 6.18. The Morgan fingerprint density at radius 3 is 1.48 bits per heavy atom. The van der Waals surface area contributed by atoms with Crippen LogP contribution < -0.4 is 4.90 Å². The second kappa shape index (κ2) is 14.1. The largest absolute Gasteiger partial charge is 0.310 e. The number of hydrogen-bond donors (Lipinski definition) is 0. The van der Waals surface area contributed by atoms with Crippen molar-refractivity contribution in [2.75, 3.05) is 4.90 Å². The highest BCUT2D eigenvalue weighted by Gasteiger charge is 2.53. The maximum atomic E-state index is 2.59. The van der Waals surface area contributed by atoms with Crippen molar-refractivity contribution in [1.82, 2.24) is 4.57 Å². The van der Waals surface area contributed by atoms with Crippen LogP contribution in [0.1, 0.15) is 113 Å². The summed E-state index contributed by atoms with van der Waals surface area (Å²) in [5, 5.41) is 2.64. The van der Waals surface area contributed by atoms with Gasteiger partial charge in [0.15, 0.2) is 0 Å². The molecule has 2 nitrogen and oxygen atoms in total. The van der Waals surface area contributed by atoms with Crippen molar-refractivity contribution >= 4 is 38.9 Å². The van der Waals surface area contributed by atoms with Gasteiger partial charge in [-0.3, -0.25) is 0 Å². The van der Waals surface area contributed by atoms with E-state index < -0.39 is 0 Å². The topological polar surface area (TPSA) is 8.17 Å². The Kier molecular flexibility index (Phi) is 8.24. The third kappa shape index (κ3) is 5.74. The van der Waals surface area contributed by atoms with Crippen molar-refractivity contribution in [1.29, 1.82) is 0 Å². The van der Waals surface area contributed by atoms with Crippen LogP contribution in [0.2, 0.25) is 0 Å². The van der Waals surface area contributed by atoms with E-state index in [9.17, 15) is 0 Å². The van der Waals surface area contributed by atoms with Gasteiger partial charge in [0.2, 0.25) is 0 Å². The summed E-state index contributed by atoms with van der Waals surface area (Å²) in [6.07, 6.45) is 17.3. The van der Waals surface area contributed by atoms with Gasteiger partial charge in [-0.2, -0.15) is 0 Å². The van der Waals surface area contributed by atoms with Crippen molar-refractivity contribution in [3.05, 3.63) is 180 Å². The van der Waals surface area contributed by atoms with E-state index in [2.05, 4.69) is 181 Å². The summed E-state index contributed by atoms with van der Waals surface area (Å²) in [5.74, 6) is 5.64. The Bertz CT molecular complexity index is 3100. The second-order valence-electron chi connectivity index (χ2n) is 23.8. The Morgan fingerprint density at radius 1 is 0.448 bits per heavy atom. The first-order valence-electron chi connectivity index (χ1n) is 26.2. The van der Waals surface area contributed by atoms with E-state index in [1.165, 1.54) is 155 Å². The van der Waals surface area contributed by atoms with Gasteiger partial charge in [-0.05, 0) is 222 Å². The van der Waals surface area contributed by atoms with Gasteiger partial charge in [-0.25, -0.2) is 0 Å². The van der Waals surface area contributed by atoms with Crippen LogP contribution >= 0.6 is 0 Å². The van der Waals surface area contributed by atoms with Gasteiger partial charge in [-0.1, -0.05) is 117 Å². The van der Waals surface area contributed by atoms with Crippen molar-refractivity contribution in [3.63, 3.8) is 0 Å². The molecule has 9 aliphatic rings. The molecule has 0 unspecified atom stereocenters. The van der Waals surface area contributed by atoms with Gasteiger partial charge < -0.3 is 9.47 Å². The molecule has 8 saturated carbocycles. The van der Waals surface area contributed by atoms with Gasteiger partial charge in [0, 0.05) is 38.9 Å². The molecule has 0 amide bonds. The molecule has 0 radical (unpaired) electrons. The van der Waals surface area contributed by atoms with Gasteiger partial charge in [0.05, 0.1) is 11.0 Å². The standard InChI is InChI=1S/C65H62N2/c1-63(2)58-34-53(24-25-55(58)56-26-27-57-60-54(47-10-5-3-6-11-47)14-9-15-59(60)67(62(57)61(56)63)50-12-7-4-8-13-50)66(51-20-16-48(17-21-51)64-35-41-28-42(36-64)30-43(29-41)37-64)52-22-18-49(19-23-52)65-38-44-31-45(39-65)33-46(32-44)40-65/h3-27,34,41-46H,28-33,35-40H2,1-2H3. The molecule has 0 atom stereocenters. The Balaban J connectivity index is 0.875. The van der Waals surface area contributed by atoms with Crippen molar-refractivity contribution in [2.45, 2.75) is 107 Å². The van der Waals surface area contributed by atoms with Crippen LogP contribution in [0, 0.1) is 35.5 Å². The molecule has 8 bridgehead atoms. The first kappa shape index (κ1) is 39.2. The van der Waals surface area contributed by atoms with Crippen molar-refractivity contribution in [2.24, 2.45) is 35.5 Å². The average Bonchev–Trinajstić information content (AvgIpc) is 3.80. The highest BCUT2D eigenvalue weighted by atomic mass is 15.1. The molecule has 67 heavy (non-hydrogen) atoms. The summed E-state index contributed by atoms with van der Waals surface area (Å²) in [7, 11) is 0. The lowest BCUT2D eigenvalue weighted by Gasteiger charge is -2.57. The molecule has 17 rings (SSSR count). The SMILES string of the molecule is CC1(C)c2cc(N(c3ccc(C45CC6CC(CC(C6)C4)C5)cc3)c3ccc(C45CC6CC(CC(C6)C4)C5)cc3)ccc2-c2ccc3c4c(-c5ccccc5)cccc4n(-c4ccccc4)c3c21. The normalized spacial score (nSPS) is 29.2. The van der Waals surface area contributed by atoms with E-state index in [1.807, 2.05) is 0 Å². The zero-order valence-electron chi connectivity index (χ0n) is 39.4. The van der Waals surface area contributed by atoms with Crippen LogP contribution in [-0.4, -0.2) is 4.57 Å². The number of para-hydroxylation sites is 1. The first-order valence-corrected chi connectivity index (χ1v) is 26.2. The number of benzene rings is 7. The fourth-order valence-corrected chi connectivity index (χ4v) is 17.6. The molecular formula is C65H62N2. The average molecular weight is 871 g/mol. The number of rotatable bonds is 7. The maximum Gasteiger partial charge on any atom is 0.0588 e. The molecule has 0 N–H and O–H groups in total. The monoisotopic (exact) mass is 870 g/mol. The van der Waals surface area contributed by atoms with E-state index in [0.717, 1.165) is 35.5 Å². The lowest BCUT2D eigenvalue weighted by molar-refractivity contribution is -0.00529. The summed E-state index contributed by atoms with van der Waals surface area (Å²) >= 11 is 0. The van der Waals surface area contributed by atoms with Crippen LogP contribution in [0.3, 0.4) is 0 Å². The van der Waals surface area contributed by atoms with Crippen molar-refractivity contribution in [3.8, 4) is 27.9 Å². The fourth-order valence-electron chi connectivity index (χ4n) is 17.6. The molecule has 0 spiro atoms. The number of aromatic nitrogens is 1. The summed E-state index contributed by atoms with van der Waals surface area (Å²) in [5.41, 5.74) is 19.3. The molecule has 0 aliphatic heterocycles. The minimum absolute atomic E-state index is 0.260. The van der Waals surface area contributed by atoms with Gasteiger partial charge >= 0.3 is 0 Å². The van der Waals surface area contributed by atoms with Crippen molar-refractivity contribution < 1.29 is 0 Å². The Morgan fingerprint density at radius 2 is 0.940 bits per heavy atom. The lowest BCUT2D eigenvalue weighted by Crippen LogP contribution is -2.48. The van der Waals surface area contributed by atoms with Crippen LogP contribution in [0.5, 0.6) is 0 Å². The molecule has 7 aromatic carbocycles. The number of nitrogens with zero attached hydrogens (tertiary/aromatic N) is 2. The van der Waals surface area contributed by atoms with Crippen LogP contribution in [0.25, 0.3) is 49.7 Å². The predicted octanol–water partition coefficient (Wildman–Crippen LogP) is 17.2. The number of fused-ring (bicyclic) bond motifs is 7. The van der Waals surface area contributed by atoms with Gasteiger partial charge in [-0.15, -0.1) is 0 Å². The first-order chi connectivity index (χ1) is 32.8. The zero-order chi connectivity index (χ0) is 44.2. The molecule has 332 valence electrons. The minimum atomic E-state index is -0.260.